The Hall–Kier alpha value is -1.76. The molecule has 114 valence electrons. The fourth-order valence-electron chi connectivity index (χ4n) is 2.50. The molecule has 2 amide bonds. The summed E-state index contributed by atoms with van der Waals surface area (Å²) in [4.78, 5) is 31.5. The predicted molar refractivity (Wildman–Crippen MR) is 78.2 cm³/mol. The average Bonchev–Trinajstić information content (AvgIpc) is 2.97. The van der Waals surface area contributed by atoms with Gasteiger partial charge in [0.05, 0.1) is 12.1 Å². The van der Waals surface area contributed by atoms with E-state index in [4.69, 9.17) is 0 Å². The highest BCUT2D eigenvalue weighted by molar-refractivity contribution is 7.09. The lowest BCUT2D eigenvalue weighted by Gasteiger charge is -2.37. The summed E-state index contributed by atoms with van der Waals surface area (Å²) < 4.78 is 13.3. The number of carbonyl (C=O) groups is 2. The van der Waals surface area contributed by atoms with Gasteiger partial charge < -0.3 is 9.80 Å². The number of amides is 2. The molecule has 1 aliphatic heterocycles. The molecule has 0 unspecified atom stereocenters. The molecule has 0 radical (unpaired) electrons. The van der Waals surface area contributed by atoms with Crippen LogP contribution in [-0.2, 0) is 16.1 Å². The van der Waals surface area contributed by atoms with Gasteiger partial charge in [-0.1, -0.05) is 6.58 Å². The van der Waals surface area contributed by atoms with Crippen molar-refractivity contribution in [3.05, 3.63) is 29.0 Å². The van der Waals surface area contributed by atoms with Gasteiger partial charge in [-0.15, -0.1) is 11.3 Å². The normalized spacial score (nSPS) is 15.8. The molecule has 5 nitrogen and oxygen atoms in total. The molecule has 2 heterocycles. The summed E-state index contributed by atoms with van der Waals surface area (Å²) in [5.41, 5.74) is 1.68. The molecule has 1 aliphatic rings. The van der Waals surface area contributed by atoms with Crippen LogP contribution in [0.25, 0.3) is 0 Å². The third kappa shape index (κ3) is 3.87. The Bertz CT molecular complexity index is 524. The molecule has 0 atom stereocenters. The fourth-order valence-corrected chi connectivity index (χ4v) is 3.10. The third-order valence-electron chi connectivity index (χ3n) is 3.65. The Balaban J connectivity index is 2.07. The number of rotatable bonds is 4. The van der Waals surface area contributed by atoms with Crippen molar-refractivity contribution in [2.24, 2.45) is 0 Å². The maximum absolute atomic E-state index is 13.3. The number of carbonyl (C=O) groups excluding carboxylic acids is 2. The third-order valence-corrected chi connectivity index (χ3v) is 4.42. The van der Waals surface area contributed by atoms with Gasteiger partial charge in [-0.2, -0.15) is 0 Å². The van der Waals surface area contributed by atoms with Crippen LogP contribution in [0.1, 0.15) is 24.6 Å². The summed E-state index contributed by atoms with van der Waals surface area (Å²) in [5.74, 6) is -1.60. The van der Waals surface area contributed by atoms with Crippen molar-refractivity contribution in [2.45, 2.75) is 32.4 Å². The van der Waals surface area contributed by atoms with E-state index in [1.165, 1.54) is 23.2 Å². The second-order valence-electron chi connectivity index (χ2n) is 5.04. The SMILES string of the molecule is C=C(F)C(=O)N(Cc1cncs1)C1CCN(C(C)=O)CC1. The van der Waals surface area contributed by atoms with Gasteiger partial charge in [-0.05, 0) is 12.8 Å². The van der Waals surface area contributed by atoms with Crippen LogP contribution in [0.3, 0.4) is 0 Å². The summed E-state index contributed by atoms with van der Waals surface area (Å²) in [5, 5.41) is 0. The number of piperidine rings is 1. The van der Waals surface area contributed by atoms with E-state index < -0.39 is 11.7 Å². The van der Waals surface area contributed by atoms with Crippen LogP contribution in [0.4, 0.5) is 4.39 Å². The topological polar surface area (TPSA) is 53.5 Å². The maximum Gasteiger partial charge on any atom is 0.282 e. The minimum absolute atomic E-state index is 0.0312. The Labute approximate surface area is 127 Å². The lowest BCUT2D eigenvalue weighted by atomic mass is 10.0. The van der Waals surface area contributed by atoms with Crippen molar-refractivity contribution >= 4 is 23.2 Å². The first-order chi connectivity index (χ1) is 9.99. The van der Waals surface area contributed by atoms with Gasteiger partial charge in [-0.25, -0.2) is 4.39 Å². The van der Waals surface area contributed by atoms with Crippen LogP contribution >= 0.6 is 11.3 Å². The van der Waals surface area contributed by atoms with Crippen LogP contribution in [0, 0.1) is 0 Å². The molecule has 1 aromatic rings. The summed E-state index contributed by atoms with van der Waals surface area (Å²) in [7, 11) is 0. The number of hydrogen-bond donors (Lipinski definition) is 0. The largest absolute Gasteiger partial charge is 0.343 e. The van der Waals surface area contributed by atoms with Gasteiger partial charge in [0, 0.05) is 37.1 Å². The van der Waals surface area contributed by atoms with E-state index in [1.54, 1.807) is 16.6 Å². The van der Waals surface area contributed by atoms with Crippen molar-refractivity contribution in [3.8, 4) is 0 Å². The smallest absolute Gasteiger partial charge is 0.282 e. The quantitative estimate of drug-likeness (QED) is 0.799. The molecule has 1 saturated heterocycles. The minimum Gasteiger partial charge on any atom is -0.343 e. The zero-order chi connectivity index (χ0) is 15.4. The van der Waals surface area contributed by atoms with Gasteiger partial charge >= 0.3 is 0 Å². The summed E-state index contributed by atoms with van der Waals surface area (Å²) in [6.07, 6.45) is 2.98. The van der Waals surface area contributed by atoms with Crippen molar-refractivity contribution in [1.82, 2.24) is 14.8 Å². The number of likely N-dealkylation sites (tertiary alicyclic amines) is 1. The van der Waals surface area contributed by atoms with Gasteiger partial charge in [0.1, 0.15) is 0 Å². The molecule has 1 fully saturated rings. The number of hydrogen-bond acceptors (Lipinski definition) is 4. The van der Waals surface area contributed by atoms with E-state index in [2.05, 4.69) is 11.6 Å². The van der Waals surface area contributed by atoms with E-state index in [9.17, 15) is 14.0 Å². The Kier molecular flexibility index (Phi) is 5.06. The van der Waals surface area contributed by atoms with Crippen LogP contribution in [0.15, 0.2) is 24.1 Å². The Morgan fingerprint density at radius 2 is 2.19 bits per heavy atom. The van der Waals surface area contributed by atoms with E-state index in [0.29, 0.717) is 32.5 Å². The lowest BCUT2D eigenvalue weighted by molar-refractivity contribution is -0.134. The van der Waals surface area contributed by atoms with Crippen LogP contribution in [-0.4, -0.2) is 45.7 Å². The molecule has 0 aromatic carbocycles. The highest BCUT2D eigenvalue weighted by atomic mass is 32.1. The first-order valence-corrected chi connectivity index (χ1v) is 7.65. The molecule has 21 heavy (non-hydrogen) atoms. The first-order valence-electron chi connectivity index (χ1n) is 6.77. The van der Waals surface area contributed by atoms with E-state index in [0.717, 1.165) is 4.88 Å². The highest BCUT2D eigenvalue weighted by Gasteiger charge is 2.30. The number of nitrogens with zero attached hydrogens (tertiary/aromatic N) is 3. The minimum atomic E-state index is -0.950. The molecule has 1 aromatic heterocycles. The molecule has 0 saturated carbocycles. The predicted octanol–water partition coefficient (Wildman–Crippen LogP) is 1.97. The molecule has 0 spiro atoms. The molecular weight excluding hydrogens is 293 g/mol. The van der Waals surface area contributed by atoms with Crippen LogP contribution in [0.2, 0.25) is 0 Å². The van der Waals surface area contributed by atoms with E-state index in [1.807, 2.05) is 0 Å². The van der Waals surface area contributed by atoms with Gasteiger partial charge in [0.15, 0.2) is 5.83 Å². The molecule has 2 rings (SSSR count). The van der Waals surface area contributed by atoms with Crippen LogP contribution in [0.5, 0.6) is 0 Å². The molecule has 7 heteroatoms. The van der Waals surface area contributed by atoms with Gasteiger partial charge in [0.2, 0.25) is 5.91 Å². The summed E-state index contributed by atoms with van der Waals surface area (Å²) in [6, 6.07) is -0.0808. The summed E-state index contributed by atoms with van der Waals surface area (Å²) >= 11 is 1.43. The van der Waals surface area contributed by atoms with Gasteiger partial charge in [-0.3, -0.25) is 14.6 Å². The maximum atomic E-state index is 13.3. The van der Waals surface area contributed by atoms with Gasteiger partial charge in [0.25, 0.3) is 5.91 Å². The zero-order valence-corrected chi connectivity index (χ0v) is 12.7. The zero-order valence-electron chi connectivity index (χ0n) is 11.9. The number of halogens is 1. The Morgan fingerprint density at radius 1 is 1.52 bits per heavy atom. The number of aromatic nitrogens is 1. The number of thiazole rings is 1. The highest BCUT2D eigenvalue weighted by Crippen LogP contribution is 2.22. The van der Waals surface area contributed by atoms with E-state index in [-0.39, 0.29) is 11.9 Å². The fraction of sp³-hybridized carbons (Fsp3) is 0.500. The molecular formula is C14H18FN3O2S. The average molecular weight is 311 g/mol. The second-order valence-corrected chi connectivity index (χ2v) is 6.01. The molecule has 0 N–H and O–H groups in total. The van der Waals surface area contributed by atoms with Crippen molar-refractivity contribution in [3.63, 3.8) is 0 Å². The van der Waals surface area contributed by atoms with E-state index >= 15 is 0 Å². The van der Waals surface area contributed by atoms with Crippen molar-refractivity contribution in [2.75, 3.05) is 13.1 Å². The molecule has 0 bridgehead atoms. The summed E-state index contributed by atoms with van der Waals surface area (Å²) in [6.45, 7) is 6.15. The van der Waals surface area contributed by atoms with Crippen LogP contribution < -0.4 is 0 Å². The standard InChI is InChI=1S/C14H18FN3O2S/c1-10(15)14(20)18(8-13-7-16-9-21-13)12-3-5-17(6-4-12)11(2)19/h7,9,12H,1,3-6,8H2,2H3. The van der Waals surface area contributed by atoms with Crippen molar-refractivity contribution in [1.29, 1.82) is 0 Å². The second kappa shape index (κ2) is 6.80. The monoisotopic (exact) mass is 311 g/mol. The lowest BCUT2D eigenvalue weighted by Crippen LogP contribution is -2.48. The van der Waals surface area contributed by atoms with Crippen molar-refractivity contribution < 1.29 is 14.0 Å². The Morgan fingerprint density at radius 3 is 2.67 bits per heavy atom. The first kappa shape index (κ1) is 15.6. The molecule has 0 aliphatic carbocycles.